The lowest BCUT2D eigenvalue weighted by molar-refractivity contribution is -0.0392. The van der Waals surface area contributed by atoms with E-state index in [4.69, 9.17) is 4.74 Å². The monoisotopic (exact) mass is 423 g/mol. The quantitative estimate of drug-likeness (QED) is 0.739. The molecule has 2 fully saturated rings. The summed E-state index contributed by atoms with van der Waals surface area (Å²) in [5.74, 6) is 0.110. The number of thiophene rings is 1. The maximum absolute atomic E-state index is 13.0. The first-order valence-electron chi connectivity index (χ1n) is 10.8. The Morgan fingerprint density at radius 2 is 1.97 bits per heavy atom. The first-order chi connectivity index (χ1) is 14.5. The van der Waals surface area contributed by atoms with E-state index in [0.717, 1.165) is 42.7 Å². The van der Waals surface area contributed by atoms with Crippen LogP contribution in [0.4, 0.5) is 5.69 Å². The number of hydrogen-bond donors (Lipinski definition) is 2. The van der Waals surface area contributed by atoms with Gasteiger partial charge in [-0.1, -0.05) is 12.1 Å². The minimum atomic E-state index is -0.563. The van der Waals surface area contributed by atoms with E-state index >= 15 is 0 Å². The van der Waals surface area contributed by atoms with Gasteiger partial charge in [0.25, 0.3) is 11.8 Å². The standard InChI is InChI=1S/C23H25N3O3S/c27-20-16-5-1-2-6-17(16)24-23(25-20)13-22(29-14-23)8-10-26(11-9-22)21(28)19-12-15-4-3-7-18(15)30-19/h1-2,5-6,12,24H,3-4,7-11,13-14H2,(H,25,27)/t23-/m0/s1. The predicted molar refractivity (Wildman–Crippen MR) is 115 cm³/mol. The number of hydrogen-bond acceptors (Lipinski definition) is 5. The number of likely N-dealkylation sites (tertiary alicyclic amines) is 1. The van der Waals surface area contributed by atoms with Crippen molar-refractivity contribution in [1.82, 2.24) is 10.2 Å². The van der Waals surface area contributed by atoms with Crippen molar-refractivity contribution >= 4 is 28.8 Å². The van der Waals surface area contributed by atoms with Crippen molar-refractivity contribution in [3.8, 4) is 0 Å². The summed E-state index contributed by atoms with van der Waals surface area (Å²) in [7, 11) is 0. The third kappa shape index (κ3) is 2.87. The van der Waals surface area contributed by atoms with E-state index in [0.29, 0.717) is 25.3 Å². The summed E-state index contributed by atoms with van der Waals surface area (Å²) in [6.07, 6.45) is 5.76. The van der Waals surface area contributed by atoms with Crippen molar-refractivity contribution in [1.29, 1.82) is 0 Å². The number of benzene rings is 1. The molecule has 2 saturated heterocycles. The highest BCUT2D eigenvalue weighted by molar-refractivity contribution is 7.14. The van der Waals surface area contributed by atoms with E-state index in [1.165, 1.54) is 16.9 Å². The largest absolute Gasteiger partial charge is 0.370 e. The van der Waals surface area contributed by atoms with E-state index in [1.54, 1.807) is 11.3 Å². The Morgan fingerprint density at radius 3 is 2.80 bits per heavy atom. The normalized spacial score (nSPS) is 26.4. The molecule has 1 aromatic heterocycles. The van der Waals surface area contributed by atoms with Crippen molar-refractivity contribution in [2.24, 2.45) is 0 Å². The van der Waals surface area contributed by atoms with Gasteiger partial charge in [-0.2, -0.15) is 0 Å². The number of ether oxygens (including phenoxy) is 1. The zero-order valence-electron chi connectivity index (χ0n) is 16.8. The van der Waals surface area contributed by atoms with Crippen molar-refractivity contribution in [2.75, 3.05) is 25.0 Å². The Hall–Kier alpha value is -2.38. The van der Waals surface area contributed by atoms with Gasteiger partial charge in [0, 0.05) is 30.1 Å². The number of aryl methyl sites for hydroxylation is 2. The summed E-state index contributed by atoms with van der Waals surface area (Å²) in [6.45, 7) is 1.84. The van der Waals surface area contributed by atoms with E-state index in [-0.39, 0.29) is 17.4 Å². The van der Waals surface area contributed by atoms with Crippen LogP contribution in [0.15, 0.2) is 30.3 Å². The molecule has 0 radical (unpaired) electrons. The van der Waals surface area contributed by atoms with Crippen LogP contribution in [0.2, 0.25) is 0 Å². The van der Waals surface area contributed by atoms with Gasteiger partial charge in [-0.3, -0.25) is 9.59 Å². The molecular formula is C23H25N3O3S. The van der Waals surface area contributed by atoms with Crippen LogP contribution >= 0.6 is 11.3 Å². The molecule has 1 aliphatic carbocycles. The first kappa shape index (κ1) is 18.4. The number of nitrogens with zero attached hydrogens (tertiary/aromatic N) is 1. The Labute approximate surface area is 179 Å². The van der Waals surface area contributed by atoms with Crippen LogP contribution in [-0.4, -0.2) is 47.7 Å². The summed E-state index contributed by atoms with van der Waals surface area (Å²) >= 11 is 1.68. The Bertz CT molecular complexity index is 1020. The first-order valence-corrected chi connectivity index (χ1v) is 11.6. The number of carbonyl (C=O) groups is 2. The highest BCUT2D eigenvalue weighted by atomic mass is 32.1. The molecule has 0 unspecified atom stereocenters. The summed E-state index contributed by atoms with van der Waals surface area (Å²) in [4.78, 5) is 29.9. The molecule has 1 atom stereocenters. The average Bonchev–Trinajstić information content (AvgIpc) is 3.43. The van der Waals surface area contributed by atoms with Gasteiger partial charge in [-0.25, -0.2) is 0 Å². The maximum Gasteiger partial charge on any atom is 0.263 e. The number of rotatable bonds is 1. The highest BCUT2D eigenvalue weighted by Gasteiger charge is 2.53. The van der Waals surface area contributed by atoms with Crippen LogP contribution in [0.25, 0.3) is 0 Å². The van der Waals surface area contributed by atoms with E-state index in [2.05, 4.69) is 16.7 Å². The van der Waals surface area contributed by atoms with Gasteiger partial charge >= 0.3 is 0 Å². The molecule has 7 heteroatoms. The van der Waals surface area contributed by atoms with Gasteiger partial charge in [0.15, 0.2) is 0 Å². The maximum atomic E-state index is 13.0. The number of anilines is 1. The lowest BCUT2D eigenvalue weighted by Gasteiger charge is -2.41. The molecule has 6 rings (SSSR count). The summed E-state index contributed by atoms with van der Waals surface area (Å²) in [5, 5.41) is 6.67. The van der Waals surface area contributed by atoms with E-state index < -0.39 is 5.66 Å². The van der Waals surface area contributed by atoms with Crippen molar-refractivity contribution < 1.29 is 14.3 Å². The third-order valence-electron chi connectivity index (χ3n) is 7.07. The van der Waals surface area contributed by atoms with Crippen LogP contribution in [-0.2, 0) is 17.6 Å². The van der Waals surface area contributed by atoms with Gasteiger partial charge in [-0.15, -0.1) is 11.3 Å². The predicted octanol–water partition coefficient (Wildman–Crippen LogP) is 3.18. The lowest BCUT2D eigenvalue weighted by Crippen LogP contribution is -2.59. The van der Waals surface area contributed by atoms with Crippen LogP contribution in [0.5, 0.6) is 0 Å². The average molecular weight is 424 g/mol. The fraction of sp³-hybridized carbons (Fsp3) is 0.478. The highest BCUT2D eigenvalue weighted by Crippen LogP contribution is 2.43. The molecule has 2 N–H and O–H groups in total. The minimum absolute atomic E-state index is 0.0524. The van der Waals surface area contributed by atoms with E-state index in [9.17, 15) is 9.59 Å². The molecule has 0 saturated carbocycles. The number of amides is 2. The molecular weight excluding hydrogens is 398 g/mol. The Kier molecular flexibility index (Phi) is 4.02. The number of carbonyl (C=O) groups excluding carboxylic acids is 2. The Morgan fingerprint density at radius 1 is 1.13 bits per heavy atom. The van der Waals surface area contributed by atoms with Gasteiger partial charge in [0.1, 0.15) is 5.66 Å². The van der Waals surface area contributed by atoms with Gasteiger partial charge in [0.2, 0.25) is 0 Å². The van der Waals surface area contributed by atoms with Crippen LogP contribution < -0.4 is 10.6 Å². The molecule has 1 aromatic carbocycles. The molecule has 156 valence electrons. The topological polar surface area (TPSA) is 70.7 Å². The molecule has 3 aliphatic heterocycles. The number of nitrogens with one attached hydrogen (secondary N) is 2. The second kappa shape index (κ2) is 6.56. The van der Waals surface area contributed by atoms with Crippen LogP contribution in [0.1, 0.15) is 56.2 Å². The third-order valence-corrected chi connectivity index (χ3v) is 8.29. The molecule has 4 heterocycles. The molecule has 2 amide bonds. The zero-order valence-corrected chi connectivity index (χ0v) is 17.6. The van der Waals surface area contributed by atoms with Crippen molar-refractivity contribution in [2.45, 2.75) is 49.8 Å². The van der Waals surface area contributed by atoms with Gasteiger partial charge in [0.05, 0.1) is 22.6 Å². The van der Waals surface area contributed by atoms with Gasteiger partial charge < -0.3 is 20.3 Å². The summed E-state index contributed by atoms with van der Waals surface area (Å²) in [6, 6.07) is 9.70. The van der Waals surface area contributed by atoms with Gasteiger partial charge in [-0.05, 0) is 55.9 Å². The van der Waals surface area contributed by atoms with Crippen LogP contribution in [0.3, 0.4) is 0 Å². The molecule has 2 spiro atoms. The van der Waals surface area contributed by atoms with Crippen LogP contribution in [0, 0.1) is 0 Å². The second-order valence-electron chi connectivity index (χ2n) is 9.06. The fourth-order valence-electron chi connectivity index (χ4n) is 5.48. The molecule has 0 bridgehead atoms. The second-order valence-corrected chi connectivity index (χ2v) is 10.2. The fourth-order valence-corrected chi connectivity index (χ4v) is 6.70. The molecule has 4 aliphatic rings. The Balaban J connectivity index is 1.14. The number of para-hydroxylation sites is 1. The summed E-state index contributed by atoms with van der Waals surface area (Å²) < 4.78 is 6.31. The van der Waals surface area contributed by atoms with E-state index in [1.807, 2.05) is 29.2 Å². The van der Waals surface area contributed by atoms with Crippen molar-refractivity contribution in [3.05, 3.63) is 51.2 Å². The smallest absolute Gasteiger partial charge is 0.263 e. The molecule has 2 aromatic rings. The molecule has 6 nitrogen and oxygen atoms in total. The number of fused-ring (bicyclic) bond motifs is 2. The number of piperidine rings is 1. The zero-order chi connectivity index (χ0) is 20.3. The van der Waals surface area contributed by atoms with Crippen molar-refractivity contribution in [3.63, 3.8) is 0 Å². The summed E-state index contributed by atoms with van der Waals surface area (Å²) in [5.41, 5.74) is 2.05. The SMILES string of the molecule is O=C1N[C@@]2(COC3(CCN(C(=O)c4cc5c(s4)CCC5)CC3)C2)Nc2ccccc21. The lowest BCUT2D eigenvalue weighted by atomic mass is 9.84. The minimum Gasteiger partial charge on any atom is -0.370 e. The molecule has 30 heavy (non-hydrogen) atoms.